The normalized spacial score (nSPS) is 12.8. The van der Waals surface area contributed by atoms with Gasteiger partial charge < -0.3 is 4.74 Å². The monoisotopic (exact) mass is 276 g/mol. The number of ketones is 1. The van der Waals surface area contributed by atoms with Crippen molar-refractivity contribution in [2.24, 2.45) is 5.92 Å². The number of hydrogen-bond acceptors (Lipinski definition) is 3. The molecule has 0 heterocycles. The van der Waals surface area contributed by atoms with Gasteiger partial charge in [0.2, 0.25) is 0 Å². The van der Waals surface area contributed by atoms with Gasteiger partial charge >= 0.3 is 5.97 Å². The van der Waals surface area contributed by atoms with Gasteiger partial charge in [0.25, 0.3) is 0 Å². The predicted octanol–water partition coefficient (Wildman–Crippen LogP) is 3.56. The molecule has 0 bridgehead atoms. The summed E-state index contributed by atoms with van der Waals surface area (Å²) in [6, 6.07) is 9.99. The van der Waals surface area contributed by atoms with Gasteiger partial charge in [-0.05, 0) is 46.1 Å². The molecule has 110 valence electrons. The minimum Gasteiger partial charge on any atom is -0.460 e. The van der Waals surface area contributed by atoms with Crippen LogP contribution in [-0.4, -0.2) is 17.4 Å². The highest BCUT2D eigenvalue weighted by atomic mass is 16.6. The van der Waals surface area contributed by atoms with Gasteiger partial charge in [0.15, 0.2) is 0 Å². The fourth-order valence-corrected chi connectivity index (χ4v) is 2.02. The van der Waals surface area contributed by atoms with Gasteiger partial charge in [-0.2, -0.15) is 0 Å². The van der Waals surface area contributed by atoms with E-state index in [1.54, 1.807) is 6.92 Å². The molecule has 0 unspecified atom stereocenters. The van der Waals surface area contributed by atoms with Crippen LogP contribution in [0.1, 0.15) is 46.1 Å². The van der Waals surface area contributed by atoms with Crippen LogP contribution in [0.2, 0.25) is 0 Å². The number of Topliss-reactive ketones (excluding diaryl/α,β-unsaturated/α-hetero) is 1. The zero-order chi connectivity index (χ0) is 15.2. The van der Waals surface area contributed by atoms with Crippen LogP contribution < -0.4 is 0 Å². The number of aryl methyl sites for hydroxylation is 1. The highest BCUT2D eigenvalue weighted by Crippen LogP contribution is 2.17. The molecule has 0 radical (unpaired) electrons. The molecule has 0 N–H and O–H groups in total. The Hall–Kier alpha value is -1.64. The number of rotatable bonds is 6. The lowest BCUT2D eigenvalue weighted by Crippen LogP contribution is -2.27. The van der Waals surface area contributed by atoms with Crippen LogP contribution in [-0.2, 0) is 20.7 Å². The largest absolute Gasteiger partial charge is 0.460 e. The lowest BCUT2D eigenvalue weighted by atomic mass is 9.93. The molecule has 0 saturated carbocycles. The van der Waals surface area contributed by atoms with E-state index in [1.165, 1.54) is 5.56 Å². The van der Waals surface area contributed by atoms with Crippen LogP contribution >= 0.6 is 0 Å². The summed E-state index contributed by atoms with van der Waals surface area (Å²) in [5.41, 5.74) is 0.681. The van der Waals surface area contributed by atoms with Crippen molar-refractivity contribution < 1.29 is 14.3 Å². The minimum absolute atomic E-state index is 0.0480. The molecule has 0 spiro atoms. The molecule has 3 heteroatoms. The Morgan fingerprint density at radius 1 is 1.15 bits per heavy atom. The van der Waals surface area contributed by atoms with Crippen molar-refractivity contribution in [2.75, 3.05) is 0 Å². The van der Waals surface area contributed by atoms with E-state index in [9.17, 15) is 9.59 Å². The van der Waals surface area contributed by atoms with Gasteiger partial charge in [-0.1, -0.05) is 30.3 Å². The first-order valence-corrected chi connectivity index (χ1v) is 7.04. The van der Waals surface area contributed by atoms with E-state index in [-0.39, 0.29) is 24.1 Å². The first kappa shape index (κ1) is 16.4. The van der Waals surface area contributed by atoms with Crippen molar-refractivity contribution >= 4 is 11.8 Å². The molecule has 0 saturated heterocycles. The quantitative estimate of drug-likeness (QED) is 0.746. The Kier molecular flexibility index (Phi) is 5.93. The first-order chi connectivity index (χ1) is 9.28. The number of benzene rings is 1. The van der Waals surface area contributed by atoms with Gasteiger partial charge in [-0.15, -0.1) is 0 Å². The Morgan fingerprint density at radius 2 is 1.75 bits per heavy atom. The fraction of sp³-hybridized carbons (Fsp3) is 0.529. The average Bonchev–Trinajstić information content (AvgIpc) is 2.33. The molecular weight excluding hydrogens is 252 g/mol. The van der Waals surface area contributed by atoms with Crippen LogP contribution in [0.15, 0.2) is 30.3 Å². The lowest BCUT2D eigenvalue weighted by Gasteiger charge is -2.21. The zero-order valence-corrected chi connectivity index (χ0v) is 12.8. The van der Waals surface area contributed by atoms with Gasteiger partial charge in [0.05, 0.1) is 6.42 Å². The molecule has 0 aliphatic heterocycles. The molecule has 0 aliphatic carbocycles. The minimum atomic E-state index is -0.502. The van der Waals surface area contributed by atoms with E-state index in [2.05, 4.69) is 0 Å². The van der Waals surface area contributed by atoms with Crippen LogP contribution in [0.5, 0.6) is 0 Å². The van der Waals surface area contributed by atoms with Crippen molar-refractivity contribution in [2.45, 2.75) is 52.6 Å². The Balaban J connectivity index is 2.53. The number of ether oxygens (including phenoxy) is 1. The highest BCUT2D eigenvalue weighted by Gasteiger charge is 2.23. The zero-order valence-electron chi connectivity index (χ0n) is 12.8. The number of hydrogen-bond donors (Lipinski definition) is 0. The van der Waals surface area contributed by atoms with Gasteiger partial charge in [0, 0.05) is 5.92 Å². The van der Waals surface area contributed by atoms with Crippen LogP contribution in [0.25, 0.3) is 0 Å². The maximum Gasteiger partial charge on any atom is 0.307 e. The third kappa shape index (κ3) is 6.50. The summed E-state index contributed by atoms with van der Waals surface area (Å²) in [7, 11) is 0. The molecular formula is C17H24O3. The van der Waals surface area contributed by atoms with Crippen molar-refractivity contribution in [1.29, 1.82) is 0 Å². The Morgan fingerprint density at radius 3 is 2.25 bits per heavy atom. The maximum absolute atomic E-state index is 11.8. The van der Waals surface area contributed by atoms with Crippen LogP contribution in [0.3, 0.4) is 0 Å². The third-order valence-electron chi connectivity index (χ3n) is 3.03. The summed E-state index contributed by atoms with van der Waals surface area (Å²) in [5.74, 6) is -0.511. The van der Waals surface area contributed by atoms with E-state index in [0.717, 1.165) is 6.42 Å². The van der Waals surface area contributed by atoms with Crippen molar-refractivity contribution in [1.82, 2.24) is 0 Å². The summed E-state index contributed by atoms with van der Waals surface area (Å²) < 4.78 is 5.28. The van der Waals surface area contributed by atoms with Crippen molar-refractivity contribution in [3.63, 3.8) is 0 Å². The van der Waals surface area contributed by atoms with E-state index in [4.69, 9.17) is 4.74 Å². The van der Waals surface area contributed by atoms with Gasteiger partial charge in [-0.3, -0.25) is 9.59 Å². The third-order valence-corrected chi connectivity index (χ3v) is 3.03. The highest BCUT2D eigenvalue weighted by molar-refractivity contribution is 5.83. The molecule has 0 aliphatic rings. The van der Waals surface area contributed by atoms with Gasteiger partial charge in [-0.25, -0.2) is 0 Å². The van der Waals surface area contributed by atoms with Crippen LogP contribution in [0.4, 0.5) is 0 Å². The first-order valence-electron chi connectivity index (χ1n) is 7.04. The summed E-state index contributed by atoms with van der Waals surface area (Å²) >= 11 is 0. The SMILES string of the molecule is CC(=O)[C@H](CCc1ccccc1)CC(=O)OC(C)(C)C. The Bertz CT molecular complexity index is 443. The van der Waals surface area contributed by atoms with E-state index in [0.29, 0.717) is 6.42 Å². The molecule has 1 atom stereocenters. The molecule has 0 fully saturated rings. The number of esters is 1. The molecule has 3 nitrogen and oxygen atoms in total. The van der Waals surface area contributed by atoms with Crippen molar-refractivity contribution in [3.05, 3.63) is 35.9 Å². The topological polar surface area (TPSA) is 43.4 Å². The second kappa shape index (κ2) is 7.22. The van der Waals surface area contributed by atoms with Gasteiger partial charge in [0.1, 0.15) is 11.4 Å². The van der Waals surface area contributed by atoms with E-state index >= 15 is 0 Å². The standard InChI is InChI=1S/C17H24O3/c1-13(18)15(12-16(19)20-17(2,3)4)11-10-14-8-6-5-7-9-14/h5-9,15H,10-12H2,1-4H3/t15-/m1/s1. The predicted molar refractivity (Wildman–Crippen MR) is 79.4 cm³/mol. The molecule has 1 aromatic rings. The fourth-order valence-electron chi connectivity index (χ4n) is 2.02. The average molecular weight is 276 g/mol. The van der Waals surface area contributed by atoms with E-state index < -0.39 is 5.60 Å². The second-order valence-corrected chi connectivity index (χ2v) is 6.12. The molecule has 1 aromatic carbocycles. The maximum atomic E-state index is 11.8. The van der Waals surface area contributed by atoms with Crippen LogP contribution in [0, 0.1) is 5.92 Å². The summed E-state index contributed by atoms with van der Waals surface area (Å²) in [6.45, 7) is 7.03. The van der Waals surface area contributed by atoms with Crippen molar-refractivity contribution in [3.8, 4) is 0 Å². The smallest absolute Gasteiger partial charge is 0.307 e. The van der Waals surface area contributed by atoms with E-state index in [1.807, 2.05) is 51.1 Å². The second-order valence-electron chi connectivity index (χ2n) is 6.12. The molecule has 1 rings (SSSR count). The number of carbonyl (C=O) groups excluding carboxylic acids is 2. The lowest BCUT2D eigenvalue weighted by molar-refractivity contribution is -0.157. The number of carbonyl (C=O) groups is 2. The Labute approximate surface area is 121 Å². The molecule has 20 heavy (non-hydrogen) atoms. The molecule has 0 amide bonds. The molecule has 0 aromatic heterocycles. The summed E-state index contributed by atoms with van der Waals surface area (Å²) in [4.78, 5) is 23.5. The summed E-state index contributed by atoms with van der Waals surface area (Å²) in [6.07, 6.45) is 1.64. The summed E-state index contributed by atoms with van der Waals surface area (Å²) in [5, 5.41) is 0.